The number of hydrogen-bond acceptors (Lipinski definition) is 5. The van der Waals surface area contributed by atoms with Crippen LogP contribution in [-0.2, 0) is 16.1 Å². The molecule has 0 bridgehead atoms. The Bertz CT molecular complexity index is 1340. The molecule has 2 atom stereocenters. The Hall–Kier alpha value is -3.03. The van der Waals surface area contributed by atoms with Gasteiger partial charge in [-0.1, -0.05) is 17.7 Å². The first kappa shape index (κ1) is 25.6. The molecule has 0 radical (unpaired) electrons. The van der Waals surface area contributed by atoms with Crippen LogP contribution in [0.2, 0.25) is 5.02 Å². The maximum atomic E-state index is 13.1. The predicted octanol–water partition coefficient (Wildman–Crippen LogP) is 6.85. The third kappa shape index (κ3) is 5.07. The van der Waals surface area contributed by atoms with Crippen molar-refractivity contribution in [2.75, 3.05) is 20.3 Å². The average molecular weight is 524 g/mol. The first-order valence-electron chi connectivity index (χ1n) is 12.7. The molecule has 0 spiro atoms. The molecule has 1 aromatic heterocycles. The van der Waals surface area contributed by atoms with Gasteiger partial charge in [0.15, 0.2) is 0 Å². The van der Waals surface area contributed by atoms with E-state index in [1.54, 1.807) is 12.0 Å². The van der Waals surface area contributed by atoms with Gasteiger partial charge in [0.2, 0.25) is 0 Å². The van der Waals surface area contributed by atoms with E-state index < -0.39 is 5.60 Å². The van der Waals surface area contributed by atoms with Crippen LogP contribution in [0.5, 0.6) is 5.75 Å². The Morgan fingerprint density at radius 3 is 2.70 bits per heavy atom. The largest absolute Gasteiger partial charge is 0.488 e. The number of nitrogens with zero attached hydrogens (tertiary/aromatic N) is 2. The minimum atomic E-state index is -0.574. The predicted molar refractivity (Wildman–Crippen MR) is 144 cm³/mol. The van der Waals surface area contributed by atoms with Gasteiger partial charge >= 0.3 is 6.09 Å². The second-order valence-corrected chi connectivity index (χ2v) is 11.5. The van der Waals surface area contributed by atoms with Crippen LogP contribution < -0.4 is 4.74 Å². The van der Waals surface area contributed by atoms with Crippen molar-refractivity contribution in [3.63, 3.8) is 0 Å². The number of aromatic amines is 1. The van der Waals surface area contributed by atoms with E-state index in [-0.39, 0.29) is 18.1 Å². The summed E-state index contributed by atoms with van der Waals surface area (Å²) in [6.07, 6.45) is 0.425. The van der Waals surface area contributed by atoms with Crippen molar-refractivity contribution in [3.05, 3.63) is 58.0 Å². The van der Waals surface area contributed by atoms with Gasteiger partial charge in [0, 0.05) is 41.4 Å². The van der Waals surface area contributed by atoms with E-state index in [2.05, 4.69) is 30.1 Å². The monoisotopic (exact) mass is 523 g/mol. The molecule has 0 aliphatic carbocycles. The molecule has 0 saturated carbocycles. The fourth-order valence-corrected chi connectivity index (χ4v) is 5.53. The fraction of sp³-hybridized carbons (Fsp3) is 0.448. The molecule has 1 fully saturated rings. The SMILES string of the molecule is COCC1CC(c2nc(-c3cc4c(cc3C)-c3ccc(Cl)cc3CO4)c(C)[nH]2)N(C(=O)OC(C)(C)C)C1. The van der Waals surface area contributed by atoms with Crippen LogP contribution in [0, 0.1) is 19.8 Å². The summed E-state index contributed by atoms with van der Waals surface area (Å²) < 4.78 is 17.2. The molecule has 1 amide bonds. The number of ether oxygens (including phenoxy) is 3. The minimum absolute atomic E-state index is 0.212. The van der Waals surface area contributed by atoms with E-state index >= 15 is 0 Å². The second-order valence-electron chi connectivity index (χ2n) is 11.1. The van der Waals surface area contributed by atoms with E-state index in [0.717, 1.165) is 57.2 Å². The number of amides is 1. The number of nitrogens with one attached hydrogen (secondary N) is 1. The first-order chi connectivity index (χ1) is 17.5. The minimum Gasteiger partial charge on any atom is -0.488 e. The van der Waals surface area contributed by atoms with Gasteiger partial charge in [0.1, 0.15) is 23.8 Å². The van der Waals surface area contributed by atoms with Gasteiger partial charge in [-0.3, -0.25) is 4.90 Å². The number of aromatic nitrogens is 2. The van der Waals surface area contributed by atoms with Crippen LogP contribution >= 0.6 is 11.6 Å². The standard InChI is InChI=1S/C29H34ClN3O4/c1-16-9-23-21-8-7-20(30)11-19(21)15-36-25(23)12-22(16)26-17(2)31-27(32-26)24-10-18(14-35-6)13-33(24)28(34)37-29(3,4)5/h7-9,11-12,18,24H,10,13-15H2,1-6H3,(H,31,32). The maximum Gasteiger partial charge on any atom is 0.410 e. The summed E-state index contributed by atoms with van der Waals surface area (Å²) in [4.78, 5) is 23.4. The van der Waals surface area contributed by atoms with Gasteiger partial charge in [-0.2, -0.15) is 0 Å². The first-order valence-corrected chi connectivity index (χ1v) is 13.0. The molecular formula is C29H34ClN3O4. The van der Waals surface area contributed by atoms with Crippen molar-refractivity contribution in [1.82, 2.24) is 14.9 Å². The molecule has 1 N–H and O–H groups in total. The smallest absolute Gasteiger partial charge is 0.410 e. The highest BCUT2D eigenvalue weighted by Crippen LogP contribution is 2.43. The molecule has 7 nitrogen and oxygen atoms in total. The van der Waals surface area contributed by atoms with Crippen molar-refractivity contribution < 1.29 is 19.0 Å². The van der Waals surface area contributed by atoms with Crippen molar-refractivity contribution in [2.24, 2.45) is 5.92 Å². The molecule has 196 valence electrons. The molecule has 2 aliphatic rings. The number of methoxy groups -OCH3 is 1. The van der Waals surface area contributed by atoms with Crippen molar-refractivity contribution in [2.45, 2.75) is 59.3 Å². The molecule has 8 heteroatoms. The Morgan fingerprint density at radius 1 is 1.19 bits per heavy atom. The van der Waals surface area contributed by atoms with Crippen LogP contribution in [0.3, 0.4) is 0 Å². The van der Waals surface area contributed by atoms with Gasteiger partial charge in [-0.05, 0) is 82.0 Å². The molecule has 2 aromatic carbocycles. The number of likely N-dealkylation sites (tertiary alicyclic amines) is 1. The topological polar surface area (TPSA) is 76.7 Å². The number of aryl methyl sites for hydroxylation is 2. The molecule has 3 heterocycles. The summed E-state index contributed by atoms with van der Waals surface area (Å²) in [5.41, 5.74) is 6.62. The van der Waals surface area contributed by atoms with Crippen LogP contribution in [0.4, 0.5) is 4.79 Å². The quantitative estimate of drug-likeness (QED) is 0.404. The van der Waals surface area contributed by atoms with Crippen LogP contribution in [0.25, 0.3) is 22.4 Å². The number of carbonyl (C=O) groups excluding carboxylic acids is 1. The number of carbonyl (C=O) groups is 1. The van der Waals surface area contributed by atoms with Gasteiger partial charge in [0.25, 0.3) is 0 Å². The van der Waals surface area contributed by atoms with E-state index in [1.807, 2.05) is 39.8 Å². The molecule has 3 aromatic rings. The molecule has 1 saturated heterocycles. The lowest BCUT2D eigenvalue weighted by Gasteiger charge is -2.27. The Balaban J connectivity index is 1.49. The Kier molecular flexibility index (Phi) is 6.71. The highest BCUT2D eigenvalue weighted by atomic mass is 35.5. The molecule has 2 unspecified atom stereocenters. The summed E-state index contributed by atoms with van der Waals surface area (Å²) in [6, 6.07) is 9.94. The third-order valence-electron chi connectivity index (χ3n) is 6.96. The summed E-state index contributed by atoms with van der Waals surface area (Å²) in [5, 5.41) is 0.707. The van der Waals surface area contributed by atoms with E-state index in [0.29, 0.717) is 24.8 Å². The number of benzene rings is 2. The number of rotatable bonds is 4. The zero-order valence-corrected chi connectivity index (χ0v) is 23.0. The van der Waals surface area contributed by atoms with Crippen molar-refractivity contribution in [1.29, 1.82) is 0 Å². The second kappa shape index (κ2) is 9.69. The highest BCUT2D eigenvalue weighted by molar-refractivity contribution is 6.30. The lowest BCUT2D eigenvalue weighted by molar-refractivity contribution is 0.0208. The summed E-state index contributed by atoms with van der Waals surface area (Å²) in [6.45, 7) is 11.4. The number of halogens is 1. The Morgan fingerprint density at radius 2 is 1.97 bits per heavy atom. The van der Waals surface area contributed by atoms with E-state index in [9.17, 15) is 4.79 Å². The van der Waals surface area contributed by atoms with Crippen molar-refractivity contribution in [3.8, 4) is 28.1 Å². The van der Waals surface area contributed by atoms with Gasteiger partial charge in [0.05, 0.1) is 18.3 Å². The molecule has 37 heavy (non-hydrogen) atoms. The van der Waals surface area contributed by atoms with Crippen molar-refractivity contribution >= 4 is 17.7 Å². The van der Waals surface area contributed by atoms with Crippen LogP contribution in [0.15, 0.2) is 30.3 Å². The molecular weight excluding hydrogens is 490 g/mol. The number of imidazole rings is 1. The summed E-state index contributed by atoms with van der Waals surface area (Å²) in [7, 11) is 1.69. The fourth-order valence-electron chi connectivity index (χ4n) is 5.34. The number of fused-ring (bicyclic) bond motifs is 3. The molecule has 5 rings (SSSR count). The average Bonchev–Trinajstić information content (AvgIpc) is 3.41. The molecule has 2 aliphatic heterocycles. The zero-order valence-electron chi connectivity index (χ0n) is 22.3. The van der Waals surface area contributed by atoms with Gasteiger partial charge in [-0.25, -0.2) is 9.78 Å². The third-order valence-corrected chi connectivity index (χ3v) is 7.19. The summed E-state index contributed by atoms with van der Waals surface area (Å²) >= 11 is 6.19. The summed E-state index contributed by atoms with van der Waals surface area (Å²) in [5.74, 6) is 1.80. The lowest BCUT2D eigenvalue weighted by atomic mass is 9.92. The number of H-pyrrole nitrogens is 1. The zero-order chi connectivity index (χ0) is 26.5. The lowest BCUT2D eigenvalue weighted by Crippen LogP contribution is -2.37. The van der Waals surface area contributed by atoms with Gasteiger partial charge in [-0.15, -0.1) is 0 Å². The normalized spacial score (nSPS) is 18.8. The number of hydrogen-bond donors (Lipinski definition) is 1. The van der Waals surface area contributed by atoms with Crippen LogP contribution in [0.1, 0.15) is 55.9 Å². The highest BCUT2D eigenvalue weighted by Gasteiger charge is 2.40. The van der Waals surface area contributed by atoms with E-state index in [4.69, 9.17) is 30.8 Å². The van der Waals surface area contributed by atoms with Crippen LogP contribution in [-0.4, -0.2) is 46.8 Å². The Labute approximate surface area is 223 Å². The van der Waals surface area contributed by atoms with Gasteiger partial charge < -0.3 is 19.2 Å². The van der Waals surface area contributed by atoms with E-state index in [1.165, 1.54) is 0 Å². The maximum absolute atomic E-state index is 13.1.